The fraction of sp³-hybridized carbons (Fsp3) is 0.333. The van der Waals surface area contributed by atoms with E-state index in [2.05, 4.69) is 5.10 Å². The molecule has 1 aliphatic heterocycles. The maximum absolute atomic E-state index is 13.4. The van der Waals surface area contributed by atoms with E-state index in [0.29, 0.717) is 0 Å². The Bertz CT molecular complexity index is 989. The fourth-order valence-electron chi connectivity index (χ4n) is 2.39. The zero-order chi connectivity index (χ0) is 19.8. The summed E-state index contributed by atoms with van der Waals surface area (Å²) in [6, 6.07) is 2.46. The molecular weight excluding hydrogens is 411 g/mol. The van der Waals surface area contributed by atoms with Crippen LogP contribution >= 0.6 is 11.6 Å². The van der Waals surface area contributed by atoms with E-state index in [1.54, 1.807) is 4.72 Å². The molecule has 1 atom stereocenters. The number of alkyl halides is 3. The number of rotatable bonds is 5. The standard InChI is InChI=1S/C15H13ClF3N3O4S/c16-10-3-1-9(2-4-10)14(15(17,18)19)21-27(24,25)12-5-13(23)22(20-6-12)11-7-26-8-11/h1-6,11,14,21H,7-8H2/t14-/m1/s1. The van der Waals surface area contributed by atoms with Crippen molar-refractivity contribution in [1.82, 2.24) is 14.5 Å². The molecule has 0 saturated carbocycles. The van der Waals surface area contributed by atoms with Crippen LogP contribution in [0.15, 0.2) is 46.2 Å². The van der Waals surface area contributed by atoms with Gasteiger partial charge in [-0.2, -0.15) is 23.0 Å². The number of sulfonamides is 1. The molecule has 0 aliphatic carbocycles. The zero-order valence-electron chi connectivity index (χ0n) is 13.5. The minimum atomic E-state index is -4.91. The van der Waals surface area contributed by atoms with E-state index in [4.69, 9.17) is 16.3 Å². The third-order valence-electron chi connectivity index (χ3n) is 3.88. The number of ether oxygens (including phenoxy) is 1. The van der Waals surface area contributed by atoms with Crippen LogP contribution in [0.25, 0.3) is 0 Å². The highest BCUT2D eigenvalue weighted by Gasteiger charge is 2.43. The van der Waals surface area contributed by atoms with Gasteiger partial charge in [0.25, 0.3) is 5.56 Å². The third-order valence-corrected chi connectivity index (χ3v) is 5.52. The van der Waals surface area contributed by atoms with E-state index in [0.717, 1.165) is 29.1 Å². The maximum atomic E-state index is 13.4. The van der Waals surface area contributed by atoms with Gasteiger partial charge < -0.3 is 4.74 Å². The number of nitrogens with one attached hydrogen (secondary N) is 1. The quantitative estimate of drug-likeness (QED) is 0.795. The van der Waals surface area contributed by atoms with Crippen molar-refractivity contribution in [2.24, 2.45) is 0 Å². The summed E-state index contributed by atoms with van der Waals surface area (Å²) in [7, 11) is -4.66. The van der Waals surface area contributed by atoms with Gasteiger partial charge in [0.2, 0.25) is 10.0 Å². The van der Waals surface area contributed by atoms with E-state index < -0.39 is 32.7 Å². The van der Waals surface area contributed by atoms with Gasteiger partial charge in [-0.05, 0) is 17.7 Å². The van der Waals surface area contributed by atoms with E-state index in [1.807, 2.05) is 0 Å². The molecule has 1 aromatic carbocycles. The van der Waals surface area contributed by atoms with Gasteiger partial charge in [-0.3, -0.25) is 4.79 Å². The van der Waals surface area contributed by atoms with Crippen LogP contribution in [0.3, 0.4) is 0 Å². The summed E-state index contributed by atoms with van der Waals surface area (Å²) >= 11 is 5.66. The van der Waals surface area contributed by atoms with Crippen LogP contribution in [0.5, 0.6) is 0 Å². The van der Waals surface area contributed by atoms with Crippen LogP contribution in [0, 0.1) is 0 Å². The van der Waals surface area contributed by atoms with Crippen LogP contribution in [-0.2, 0) is 14.8 Å². The average Bonchev–Trinajstić information content (AvgIpc) is 2.53. The number of benzene rings is 1. The summed E-state index contributed by atoms with van der Waals surface area (Å²) in [5, 5.41) is 3.93. The first kappa shape index (κ1) is 19.8. The molecule has 12 heteroatoms. The zero-order valence-corrected chi connectivity index (χ0v) is 15.1. The van der Waals surface area contributed by atoms with E-state index in [-0.39, 0.29) is 29.8 Å². The molecule has 0 radical (unpaired) electrons. The Kier molecular flexibility index (Phi) is 5.30. The Morgan fingerprint density at radius 2 is 1.89 bits per heavy atom. The number of aromatic nitrogens is 2. The molecule has 0 amide bonds. The predicted molar refractivity (Wildman–Crippen MR) is 88.9 cm³/mol. The van der Waals surface area contributed by atoms with Crippen LogP contribution in [0.1, 0.15) is 17.6 Å². The minimum absolute atomic E-state index is 0.204. The highest BCUT2D eigenvalue weighted by molar-refractivity contribution is 7.89. The lowest BCUT2D eigenvalue weighted by atomic mass is 10.1. The summed E-state index contributed by atoms with van der Waals surface area (Å²) in [6.07, 6.45) is -4.08. The Morgan fingerprint density at radius 1 is 1.26 bits per heavy atom. The first-order valence-electron chi connectivity index (χ1n) is 7.59. The van der Waals surface area contributed by atoms with Crippen molar-refractivity contribution >= 4 is 21.6 Å². The minimum Gasteiger partial charge on any atom is -0.377 e. The fourth-order valence-corrected chi connectivity index (χ4v) is 3.67. The van der Waals surface area contributed by atoms with Crippen molar-refractivity contribution in [3.8, 4) is 0 Å². The second-order valence-corrected chi connectivity index (χ2v) is 7.96. The molecule has 1 aliphatic rings. The van der Waals surface area contributed by atoms with E-state index in [1.165, 1.54) is 12.1 Å². The summed E-state index contributed by atoms with van der Waals surface area (Å²) in [5.41, 5.74) is -1.09. The van der Waals surface area contributed by atoms with Gasteiger partial charge in [-0.1, -0.05) is 23.7 Å². The molecule has 0 bridgehead atoms. The van der Waals surface area contributed by atoms with Gasteiger partial charge in [0.1, 0.15) is 17.0 Å². The lowest BCUT2D eigenvalue weighted by molar-refractivity contribution is -0.153. The molecule has 146 valence electrons. The monoisotopic (exact) mass is 423 g/mol. The molecular formula is C15H13ClF3N3O4S. The summed E-state index contributed by atoms with van der Waals surface area (Å²) in [4.78, 5) is 11.4. The van der Waals surface area contributed by atoms with E-state index >= 15 is 0 Å². The van der Waals surface area contributed by atoms with Crippen molar-refractivity contribution in [3.05, 3.63) is 57.5 Å². The van der Waals surface area contributed by atoms with Crippen LogP contribution in [0.4, 0.5) is 13.2 Å². The lowest BCUT2D eigenvalue weighted by Gasteiger charge is -2.26. The van der Waals surface area contributed by atoms with Crippen molar-refractivity contribution in [2.75, 3.05) is 13.2 Å². The molecule has 3 rings (SSSR count). The molecule has 1 saturated heterocycles. The van der Waals surface area contributed by atoms with Gasteiger partial charge in [-0.25, -0.2) is 13.1 Å². The molecule has 2 aromatic rings. The highest BCUT2D eigenvalue weighted by atomic mass is 35.5. The topological polar surface area (TPSA) is 90.3 Å². The number of hydrogen-bond acceptors (Lipinski definition) is 5. The summed E-state index contributed by atoms with van der Waals surface area (Å²) in [6.45, 7) is 0.508. The van der Waals surface area contributed by atoms with Gasteiger partial charge in [0.05, 0.1) is 19.4 Å². The summed E-state index contributed by atoms with van der Waals surface area (Å²) in [5.74, 6) is 0. The van der Waals surface area contributed by atoms with Crippen molar-refractivity contribution in [2.45, 2.75) is 23.2 Å². The van der Waals surface area contributed by atoms with Gasteiger partial charge in [-0.15, -0.1) is 0 Å². The van der Waals surface area contributed by atoms with Crippen molar-refractivity contribution in [1.29, 1.82) is 0 Å². The Balaban J connectivity index is 1.92. The number of hydrogen-bond donors (Lipinski definition) is 1. The van der Waals surface area contributed by atoms with Crippen molar-refractivity contribution < 1.29 is 26.3 Å². The second-order valence-electron chi connectivity index (χ2n) is 5.81. The molecule has 1 N–H and O–H groups in total. The van der Waals surface area contributed by atoms with Gasteiger partial charge in [0, 0.05) is 11.1 Å². The molecule has 2 heterocycles. The highest BCUT2D eigenvalue weighted by Crippen LogP contribution is 2.34. The van der Waals surface area contributed by atoms with Gasteiger partial charge in [0.15, 0.2) is 0 Å². The number of nitrogens with zero attached hydrogens (tertiary/aromatic N) is 2. The Labute approximate surface area is 156 Å². The first-order chi connectivity index (χ1) is 12.6. The predicted octanol–water partition coefficient (Wildman–Crippen LogP) is 2.05. The van der Waals surface area contributed by atoms with Crippen molar-refractivity contribution in [3.63, 3.8) is 0 Å². The SMILES string of the molecule is O=c1cc(S(=O)(=O)N[C@H](c2ccc(Cl)cc2)C(F)(F)F)cnn1C1COC1. The lowest BCUT2D eigenvalue weighted by Crippen LogP contribution is -2.41. The van der Waals surface area contributed by atoms with Crippen LogP contribution < -0.4 is 10.3 Å². The van der Waals surface area contributed by atoms with Gasteiger partial charge >= 0.3 is 6.18 Å². The average molecular weight is 424 g/mol. The second kappa shape index (κ2) is 7.23. The normalized spacial score (nSPS) is 16.7. The molecule has 1 fully saturated rings. The largest absolute Gasteiger partial charge is 0.408 e. The third kappa shape index (κ3) is 4.32. The van der Waals surface area contributed by atoms with Crippen LogP contribution in [-0.4, -0.2) is 37.6 Å². The van der Waals surface area contributed by atoms with Crippen LogP contribution in [0.2, 0.25) is 5.02 Å². The summed E-state index contributed by atoms with van der Waals surface area (Å²) < 4.78 is 72.5. The van der Waals surface area contributed by atoms with E-state index in [9.17, 15) is 26.4 Å². The molecule has 7 nitrogen and oxygen atoms in total. The molecule has 1 aromatic heterocycles. The Hall–Kier alpha value is -1.95. The Morgan fingerprint density at radius 3 is 2.37 bits per heavy atom. The smallest absolute Gasteiger partial charge is 0.377 e. The molecule has 0 spiro atoms. The molecule has 0 unspecified atom stereocenters. The molecule has 27 heavy (non-hydrogen) atoms. The maximum Gasteiger partial charge on any atom is 0.408 e. The first-order valence-corrected chi connectivity index (χ1v) is 9.45. The number of halogens is 4.